The zero-order valence-corrected chi connectivity index (χ0v) is 16.1. The molecule has 0 saturated heterocycles. The molecule has 26 heavy (non-hydrogen) atoms. The molecular weight excluding hydrogens is 352 g/mol. The molecule has 1 N–H and O–H groups in total. The van der Waals surface area contributed by atoms with Gasteiger partial charge in [-0.3, -0.25) is 4.79 Å². The molecule has 0 bridgehead atoms. The van der Waals surface area contributed by atoms with Crippen LogP contribution in [0.3, 0.4) is 0 Å². The van der Waals surface area contributed by atoms with Crippen LogP contribution in [0.25, 0.3) is 0 Å². The van der Waals surface area contributed by atoms with E-state index < -0.39 is 5.97 Å². The number of thiazole rings is 1. The van der Waals surface area contributed by atoms with Gasteiger partial charge in [0.2, 0.25) is 0 Å². The number of aryl methyl sites for hydroxylation is 1. The Labute approximate surface area is 157 Å². The lowest BCUT2D eigenvalue weighted by atomic mass is 10.2. The number of carbonyl (C=O) groups is 2. The van der Waals surface area contributed by atoms with Crippen molar-refractivity contribution in [2.75, 3.05) is 6.61 Å². The van der Waals surface area contributed by atoms with Crippen molar-refractivity contribution < 1.29 is 19.1 Å². The van der Waals surface area contributed by atoms with Gasteiger partial charge in [-0.15, -0.1) is 11.3 Å². The summed E-state index contributed by atoms with van der Waals surface area (Å²) < 4.78 is 10.7. The highest BCUT2D eigenvalue weighted by molar-refractivity contribution is 7.09. The van der Waals surface area contributed by atoms with Gasteiger partial charge in [0.1, 0.15) is 12.4 Å². The smallest absolute Gasteiger partial charge is 0.338 e. The number of hydrogen-bond acceptors (Lipinski definition) is 6. The number of ether oxygens (including phenoxy) is 2. The molecule has 0 radical (unpaired) electrons. The van der Waals surface area contributed by atoms with E-state index in [9.17, 15) is 9.59 Å². The summed E-state index contributed by atoms with van der Waals surface area (Å²) in [7, 11) is 0. The van der Waals surface area contributed by atoms with Gasteiger partial charge in [0.25, 0.3) is 5.91 Å². The quantitative estimate of drug-likeness (QED) is 0.678. The molecule has 1 aromatic carbocycles. The van der Waals surface area contributed by atoms with Gasteiger partial charge >= 0.3 is 5.97 Å². The van der Waals surface area contributed by atoms with Crippen LogP contribution in [0.5, 0.6) is 5.75 Å². The molecule has 0 aliphatic carbocycles. The monoisotopic (exact) mass is 376 g/mol. The number of amides is 1. The van der Waals surface area contributed by atoms with Gasteiger partial charge in [-0.05, 0) is 38.0 Å². The molecule has 2 rings (SSSR count). The molecule has 1 heterocycles. The number of carbonyl (C=O) groups excluding carboxylic acids is 2. The Morgan fingerprint density at radius 1 is 1.27 bits per heavy atom. The fourth-order valence-corrected chi connectivity index (χ4v) is 2.92. The van der Waals surface area contributed by atoms with E-state index >= 15 is 0 Å². The van der Waals surface area contributed by atoms with Crippen LogP contribution in [0, 0.1) is 6.92 Å². The summed E-state index contributed by atoms with van der Waals surface area (Å²) >= 11 is 1.56. The van der Waals surface area contributed by atoms with Crippen LogP contribution in [0.1, 0.15) is 47.7 Å². The van der Waals surface area contributed by atoms with E-state index in [0.717, 1.165) is 23.5 Å². The molecule has 0 spiro atoms. The number of hydrogen-bond donors (Lipinski definition) is 1. The number of nitrogens with one attached hydrogen (secondary N) is 1. The predicted octanol–water partition coefficient (Wildman–Crippen LogP) is 3.49. The maximum absolute atomic E-state index is 12.1. The van der Waals surface area contributed by atoms with E-state index in [-0.39, 0.29) is 18.6 Å². The molecule has 0 aliphatic heterocycles. The number of rotatable bonds is 9. The first-order valence-corrected chi connectivity index (χ1v) is 9.50. The summed E-state index contributed by atoms with van der Waals surface area (Å²) in [5.74, 6) is -0.301. The molecule has 0 atom stereocenters. The minimum absolute atomic E-state index is 0.104. The highest BCUT2D eigenvalue weighted by Gasteiger charge is 2.13. The van der Waals surface area contributed by atoms with E-state index in [0.29, 0.717) is 17.9 Å². The average Bonchev–Trinajstić information content (AvgIpc) is 3.08. The van der Waals surface area contributed by atoms with Crippen LogP contribution in [0.4, 0.5) is 0 Å². The first kappa shape index (κ1) is 19.9. The van der Waals surface area contributed by atoms with Crippen LogP contribution in [-0.4, -0.2) is 29.5 Å². The van der Waals surface area contributed by atoms with E-state index in [2.05, 4.69) is 10.3 Å². The summed E-state index contributed by atoms with van der Waals surface area (Å²) in [5, 5.41) is 5.74. The third-order valence-electron chi connectivity index (χ3n) is 3.81. The third kappa shape index (κ3) is 6.15. The van der Waals surface area contributed by atoms with E-state index in [1.807, 2.05) is 26.2 Å². The molecule has 6 nitrogen and oxygen atoms in total. The number of aromatic nitrogens is 1. The molecule has 0 saturated carbocycles. The Morgan fingerprint density at radius 3 is 2.69 bits per heavy atom. The second-order valence-corrected chi connectivity index (χ2v) is 6.89. The predicted molar refractivity (Wildman–Crippen MR) is 100 cm³/mol. The highest BCUT2D eigenvalue weighted by Crippen LogP contribution is 2.17. The number of benzene rings is 1. The van der Waals surface area contributed by atoms with Gasteiger partial charge in [0, 0.05) is 11.4 Å². The maximum atomic E-state index is 12.1. The van der Waals surface area contributed by atoms with E-state index in [1.165, 1.54) is 0 Å². The summed E-state index contributed by atoms with van der Waals surface area (Å²) in [6.07, 6.45) is 1.68. The lowest BCUT2D eigenvalue weighted by molar-refractivity contribution is -0.125. The largest absolute Gasteiger partial charge is 0.487 e. The molecule has 0 unspecified atom stereocenters. The fraction of sp³-hybridized carbons (Fsp3) is 0.421. The van der Waals surface area contributed by atoms with Crippen molar-refractivity contribution >= 4 is 23.2 Å². The van der Waals surface area contributed by atoms with Gasteiger partial charge in [-0.25, -0.2) is 9.78 Å². The highest BCUT2D eigenvalue weighted by atomic mass is 32.1. The first-order valence-electron chi connectivity index (χ1n) is 8.62. The van der Waals surface area contributed by atoms with Crippen molar-refractivity contribution in [1.29, 1.82) is 0 Å². The van der Waals surface area contributed by atoms with Crippen molar-refractivity contribution in [1.82, 2.24) is 10.3 Å². The van der Waals surface area contributed by atoms with Gasteiger partial charge < -0.3 is 14.8 Å². The topological polar surface area (TPSA) is 77.5 Å². The van der Waals surface area contributed by atoms with Gasteiger partial charge in [0.05, 0.1) is 16.3 Å². The Morgan fingerprint density at radius 2 is 2.04 bits per heavy atom. The first-order chi connectivity index (χ1) is 12.5. The standard InChI is InChI=1S/C19H24N2O4S/c1-4-15(5-2)21-18(22)11-25-19(23)14-7-6-8-17(9-14)24-10-16-12-26-13(3)20-16/h6-9,12,15H,4-5,10-11H2,1-3H3,(H,21,22). The van der Waals surface area contributed by atoms with Crippen LogP contribution in [0.2, 0.25) is 0 Å². The van der Waals surface area contributed by atoms with Crippen LogP contribution in [-0.2, 0) is 16.1 Å². The maximum Gasteiger partial charge on any atom is 0.338 e. The second-order valence-electron chi connectivity index (χ2n) is 5.83. The minimum atomic E-state index is -0.556. The van der Waals surface area contributed by atoms with Crippen LogP contribution in [0.15, 0.2) is 29.6 Å². The summed E-state index contributed by atoms with van der Waals surface area (Å²) in [6.45, 7) is 5.97. The summed E-state index contributed by atoms with van der Waals surface area (Å²) in [6, 6.07) is 6.80. The van der Waals surface area contributed by atoms with Crippen molar-refractivity contribution in [2.45, 2.75) is 46.3 Å². The molecular formula is C19H24N2O4S. The van der Waals surface area contributed by atoms with E-state index in [1.54, 1.807) is 35.6 Å². The van der Waals surface area contributed by atoms with Gasteiger partial charge in [0.15, 0.2) is 6.61 Å². The molecule has 0 fully saturated rings. The SMILES string of the molecule is CCC(CC)NC(=O)COC(=O)c1cccc(OCc2csc(C)n2)c1. The molecule has 7 heteroatoms. The zero-order chi connectivity index (χ0) is 18.9. The van der Waals surface area contributed by atoms with Crippen molar-refractivity contribution in [3.05, 3.63) is 45.9 Å². The second kappa shape index (κ2) is 9.91. The molecule has 1 amide bonds. The average molecular weight is 376 g/mol. The Hall–Kier alpha value is -2.41. The summed E-state index contributed by atoms with van der Waals surface area (Å²) in [5.41, 5.74) is 1.19. The Bertz CT molecular complexity index is 741. The normalized spacial score (nSPS) is 10.6. The number of esters is 1. The third-order valence-corrected chi connectivity index (χ3v) is 4.63. The van der Waals surface area contributed by atoms with Crippen LogP contribution >= 0.6 is 11.3 Å². The zero-order valence-electron chi connectivity index (χ0n) is 15.3. The number of nitrogens with zero attached hydrogens (tertiary/aromatic N) is 1. The molecule has 0 aliphatic rings. The van der Waals surface area contributed by atoms with Crippen molar-refractivity contribution in [3.63, 3.8) is 0 Å². The molecule has 2 aromatic rings. The lowest BCUT2D eigenvalue weighted by Crippen LogP contribution is -2.36. The van der Waals surface area contributed by atoms with Crippen LogP contribution < -0.4 is 10.1 Å². The summed E-state index contributed by atoms with van der Waals surface area (Å²) in [4.78, 5) is 28.3. The molecule has 140 valence electrons. The molecule has 1 aromatic heterocycles. The lowest BCUT2D eigenvalue weighted by Gasteiger charge is -2.14. The van der Waals surface area contributed by atoms with Gasteiger partial charge in [-0.1, -0.05) is 19.9 Å². The van der Waals surface area contributed by atoms with Crippen molar-refractivity contribution in [2.24, 2.45) is 0 Å². The Balaban J connectivity index is 1.86. The van der Waals surface area contributed by atoms with Gasteiger partial charge in [-0.2, -0.15) is 0 Å². The van der Waals surface area contributed by atoms with E-state index in [4.69, 9.17) is 9.47 Å². The minimum Gasteiger partial charge on any atom is -0.487 e. The fourth-order valence-electron chi connectivity index (χ4n) is 2.32. The Kier molecular flexibility index (Phi) is 7.59. The van der Waals surface area contributed by atoms with Crippen molar-refractivity contribution in [3.8, 4) is 5.75 Å².